The van der Waals surface area contributed by atoms with Gasteiger partial charge in [-0.25, -0.2) is 23.7 Å². The van der Waals surface area contributed by atoms with Gasteiger partial charge in [-0.05, 0) is 19.1 Å². The highest BCUT2D eigenvalue weighted by atomic mass is 19.4. The van der Waals surface area contributed by atoms with E-state index in [0.717, 1.165) is 18.3 Å². The molecule has 0 atom stereocenters. The number of pyridine rings is 1. The van der Waals surface area contributed by atoms with Crippen molar-refractivity contribution in [1.82, 2.24) is 15.0 Å². The monoisotopic (exact) mass is 373 g/mol. The average Bonchev–Trinajstić information content (AvgIpc) is 2.61. The van der Waals surface area contributed by atoms with Crippen molar-refractivity contribution in [3.8, 4) is 0 Å². The molecule has 1 aliphatic heterocycles. The Morgan fingerprint density at radius 2 is 1.58 bits per heavy atom. The minimum absolute atomic E-state index is 0.242. The lowest BCUT2D eigenvalue weighted by Gasteiger charge is -2.36. The Morgan fingerprint density at radius 3 is 2.15 bits per heavy atom. The van der Waals surface area contributed by atoms with Crippen molar-refractivity contribution in [2.45, 2.75) is 19.5 Å². The van der Waals surface area contributed by atoms with Crippen LogP contribution in [0.1, 0.15) is 23.5 Å². The molecule has 26 heavy (non-hydrogen) atoms. The van der Waals surface area contributed by atoms with Gasteiger partial charge in [-0.2, -0.15) is 13.2 Å². The van der Waals surface area contributed by atoms with Gasteiger partial charge in [0.25, 0.3) is 6.43 Å². The Balaban J connectivity index is 1.72. The van der Waals surface area contributed by atoms with Crippen molar-refractivity contribution < 1.29 is 22.0 Å². The number of aryl methyl sites for hydroxylation is 1. The fourth-order valence-corrected chi connectivity index (χ4v) is 2.77. The van der Waals surface area contributed by atoms with E-state index < -0.39 is 24.0 Å². The summed E-state index contributed by atoms with van der Waals surface area (Å²) in [5.41, 5.74) is -0.315. The van der Waals surface area contributed by atoms with E-state index in [9.17, 15) is 22.0 Å². The van der Waals surface area contributed by atoms with E-state index in [1.54, 1.807) is 17.9 Å². The van der Waals surface area contributed by atoms with Gasteiger partial charge >= 0.3 is 6.18 Å². The molecule has 1 aliphatic rings. The molecule has 0 unspecified atom stereocenters. The van der Waals surface area contributed by atoms with Gasteiger partial charge in [0.05, 0.1) is 5.56 Å². The minimum atomic E-state index is -4.43. The van der Waals surface area contributed by atoms with E-state index in [1.165, 1.54) is 0 Å². The number of hydrogen-bond acceptors (Lipinski definition) is 5. The average molecular weight is 373 g/mol. The third-order valence-corrected chi connectivity index (χ3v) is 4.05. The van der Waals surface area contributed by atoms with Crippen LogP contribution in [-0.2, 0) is 6.18 Å². The minimum Gasteiger partial charge on any atom is -0.353 e. The number of rotatable bonds is 3. The van der Waals surface area contributed by atoms with Crippen LogP contribution in [0.2, 0.25) is 0 Å². The van der Waals surface area contributed by atoms with E-state index in [2.05, 4.69) is 15.0 Å². The lowest BCUT2D eigenvalue weighted by molar-refractivity contribution is -0.137. The second-order valence-corrected chi connectivity index (χ2v) is 5.90. The number of nitrogens with zero attached hydrogens (tertiary/aromatic N) is 5. The van der Waals surface area contributed by atoms with E-state index in [1.807, 2.05) is 4.90 Å². The molecule has 5 nitrogen and oxygen atoms in total. The Labute approximate surface area is 146 Å². The van der Waals surface area contributed by atoms with Crippen LogP contribution in [0.4, 0.5) is 33.6 Å². The highest BCUT2D eigenvalue weighted by molar-refractivity contribution is 5.46. The molecule has 0 aromatic carbocycles. The molecule has 3 heterocycles. The van der Waals surface area contributed by atoms with Gasteiger partial charge in [-0.3, -0.25) is 0 Å². The fraction of sp³-hybridized carbons (Fsp3) is 0.438. The van der Waals surface area contributed by atoms with Crippen LogP contribution >= 0.6 is 0 Å². The maximum Gasteiger partial charge on any atom is 0.416 e. The predicted molar refractivity (Wildman–Crippen MR) is 85.4 cm³/mol. The van der Waals surface area contributed by atoms with Gasteiger partial charge in [0.1, 0.15) is 11.6 Å². The molecule has 1 fully saturated rings. The van der Waals surface area contributed by atoms with Crippen molar-refractivity contribution >= 4 is 11.6 Å². The quantitative estimate of drug-likeness (QED) is 0.771. The molecule has 0 saturated carbocycles. The second-order valence-electron chi connectivity index (χ2n) is 5.90. The summed E-state index contributed by atoms with van der Waals surface area (Å²) in [6.07, 6.45) is -6.05. The molecule has 2 aromatic heterocycles. The van der Waals surface area contributed by atoms with Crippen LogP contribution in [-0.4, -0.2) is 41.1 Å². The standard InChI is InChI=1S/C16H16F5N5/c1-10-8-13(24-15(23-10)14(17)18)26-6-4-25(5-7-26)12-9-11(2-3-22-12)16(19,20)21/h2-3,8-9,14H,4-7H2,1H3. The highest BCUT2D eigenvalue weighted by Crippen LogP contribution is 2.31. The third-order valence-electron chi connectivity index (χ3n) is 4.05. The first-order chi connectivity index (χ1) is 12.2. The number of halogens is 5. The van der Waals surface area contributed by atoms with Crippen LogP contribution < -0.4 is 9.80 Å². The second kappa shape index (κ2) is 7.00. The third kappa shape index (κ3) is 4.00. The largest absolute Gasteiger partial charge is 0.416 e. The van der Waals surface area contributed by atoms with Crippen LogP contribution in [0.3, 0.4) is 0 Å². The summed E-state index contributed by atoms with van der Waals surface area (Å²) in [7, 11) is 0. The summed E-state index contributed by atoms with van der Waals surface area (Å²) >= 11 is 0. The van der Waals surface area contributed by atoms with Crippen LogP contribution in [0, 0.1) is 6.92 Å². The summed E-state index contributed by atoms with van der Waals surface area (Å²) in [6, 6.07) is 3.55. The molecule has 0 aliphatic carbocycles. The van der Waals surface area contributed by atoms with Crippen LogP contribution in [0.5, 0.6) is 0 Å². The van der Waals surface area contributed by atoms with Gasteiger partial charge in [0.15, 0.2) is 5.82 Å². The van der Waals surface area contributed by atoms with Crippen LogP contribution in [0.25, 0.3) is 0 Å². The predicted octanol–water partition coefficient (Wildman–Crippen LogP) is 3.46. The molecular weight excluding hydrogens is 357 g/mol. The topological polar surface area (TPSA) is 45.2 Å². The van der Waals surface area contributed by atoms with Gasteiger partial charge in [0.2, 0.25) is 0 Å². The Kier molecular flexibility index (Phi) is 4.92. The van der Waals surface area contributed by atoms with E-state index in [4.69, 9.17) is 0 Å². The van der Waals surface area contributed by atoms with Crippen molar-refractivity contribution in [1.29, 1.82) is 0 Å². The molecule has 3 rings (SSSR count). The number of alkyl halides is 5. The van der Waals surface area contributed by atoms with Gasteiger partial charge < -0.3 is 9.80 Å². The van der Waals surface area contributed by atoms with Crippen molar-refractivity contribution in [3.63, 3.8) is 0 Å². The molecular formula is C16H16F5N5. The molecule has 0 bridgehead atoms. The summed E-state index contributed by atoms with van der Waals surface area (Å²) in [4.78, 5) is 15.1. The van der Waals surface area contributed by atoms with Gasteiger partial charge in [-0.15, -0.1) is 0 Å². The smallest absolute Gasteiger partial charge is 0.353 e. The molecule has 0 N–H and O–H groups in total. The molecule has 1 saturated heterocycles. The molecule has 0 spiro atoms. The zero-order chi connectivity index (χ0) is 18.9. The molecule has 0 radical (unpaired) electrons. The molecule has 140 valence electrons. The van der Waals surface area contributed by atoms with E-state index in [-0.39, 0.29) is 5.82 Å². The number of anilines is 2. The van der Waals surface area contributed by atoms with Crippen molar-refractivity contribution in [2.24, 2.45) is 0 Å². The lowest BCUT2D eigenvalue weighted by Crippen LogP contribution is -2.47. The SMILES string of the molecule is Cc1cc(N2CCN(c3cc(C(F)(F)F)ccn3)CC2)nc(C(F)F)n1. The zero-order valence-corrected chi connectivity index (χ0v) is 13.8. The normalized spacial score (nSPS) is 15.7. The molecule has 0 amide bonds. The van der Waals surface area contributed by atoms with E-state index in [0.29, 0.717) is 37.7 Å². The molecule has 10 heteroatoms. The highest BCUT2D eigenvalue weighted by Gasteiger charge is 2.31. The Bertz CT molecular complexity index is 772. The number of aromatic nitrogens is 3. The van der Waals surface area contributed by atoms with Crippen LogP contribution in [0.15, 0.2) is 24.4 Å². The summed E-state index contributed by atoms with van der Waals surface area (Å²) in [5.74, 6) is 0.109. The van der Waals surface area contributed by atoms with Crippen molar-refractivity contribution in [3.05, 3.63) is 41.5 Å². The van der Waals surface area contributed by atoms with E-state index >= 15 is 0 Å². The summed E-state index contributed by atoms with van der Waals surface area (Å²) in [5, 5.41) is 0. The zero-order valence-electron chi connectivity index (χ0n) is 13.8. The van der Waals surface area contributed by atoms with Crippen molar-refractivity contribution in [2.75, 3.05) is 36.0 Å². The maximum atomic E-state index is 12.9. The molecule has 2 aromatic rings. The fourth-order valence-electron chi connectivity index (χ4n) is 2.77. The van der Waals surface area contributed by atoms with Gasteiger partial charge in [0, 0.05) is 44.1 Å². The Hall–Kier alpha value is -2.52. The summed E-state index contributed by atoms with van der Waals surface area (Å²) in [6.45, 7) is 3.27. The number of piperazine rings is 1. The first kappa shape index (κ1) is 18.3. The summed E-state index contributed by atoms with van der Waals surface area (Å²) < 4.78 is 64.2. The number of hydrogen-bond donors (Lipinski definition) is 0. The van der Waals surface area contributed by atoms with Gasteiger partial charge in [-0.1, -0.05) is 0 Å². The first-order valence-electron chi connectivity index (χ1n) is 7.91. The first-order valence-corrected chi connectivity index (χ1v) is 7.91. The Morgan fingerprint density at radius 1 is 0.962 bits per heavy atom. The maximum absolute atomic E-state index is 12.9. The lowest BCUT2D eigenvalue weighted by atomic mass is 10.2.